The van der Waals surface area contributed by atoms with Gasteiger partial charge in [0.25, 0.3) is 0 Å². The van der Waals surface area contributed by atoms with E-state index in [0.29, 0.717) is 18.2 Å². The molecular weight excluding hydrogens is 206 g/mol. The normalized spacial score (nSPS) is 17.3. The standard InChI is InChI=1S/C12H17NO3/c1-8(9-2-3-9)5-13-6-11-4-10(7-16-11)12(14)15/h4,7-9,13H,2-3,5-6H2,1H3,(H,14,15). The number of carboxylic acid groups (broad SMARTS) is 1. The van der Waals surface area contributed by atoms with Gasteiger partial charge in [0.2, 0.25) is 0 Å². The second-order valence-electron chi connectivity index (χ2n) is 4.55. The van der Waals surface area contributed by atoms with Gasteiger partial charge in [0, 0.05) is 0 Å². The molecule has 1 aromatic rings. The largest absolute Gasteiger partial charge is 0.478 e. The molecule has 0 aliphatic heterocycles. The van der Waals surface area contributed by atoms with Crippen molar-refractivity contribution in [3.05, 3.63) is 23.7 Å². The van der Waals surface area contributed by atoms with Gasteiger partial charge in [-0.15, -0.1) is 0 Å². The number of hydrogen-bond acceptors (Lipinski definition) is 3. The maximum atomic E-state index is 10.6. The monoisotopic (exact) mass is 223 g/mol. The molecule has 16 heavy (non-hydrogen) atoms. The third-order valence-corrected chi connectivity index (χ3v) is 3.09. The lowest BCUT2D eigenvalue weighted by Crippen LogP contribution is -2.21. The number of aromatic carboxylic acids is 1. The van der Waals surface area contributed by atoms with E-state index in [4.69, 9.17) is 9.52 Å². The minimum atomic E-state index is -0.943. The summed E-state index contributed by atoms with van der Waals surface area (Å²) >= 11 is 0. The molecule has 1 saturated carbocycles. The van der Waals surface area contributed by atoms with Crippen LogP contribution in [-0.4, -0.2) is 17.6 Å². The smallest absolute Gasteiger partial charge is 0.338 e. The van der Waals surface area contributed by atoms with E-state index in [9.17, 15) is 4.79 Å². The van der Waals surface area contributed by atoms with Crippen LogP contribution in [0.1, 0.15) is 35.9 Å². The van der Waals surface area contributed by atoms with Gasteiger partial charge in [-0.1, -0.05) is 6.92 Å². The van der Waals surface area contributed by atoms with Crippen LogP contribution in [0.15, 0.2) is 16.7 Å². The first-order valence-electron chi connectivity index (χ1n) is 5.68. The Labute approximate surface area is 94.6 Å². The Morgan fingerprint density at radius 3 is 3.00 bits per heavy atom. The molecule has 0 radical (unpaired) electrons. The Hall–Kier alpha value is -1.29. The molecule has 1 heterocycles. The molecule has 2 rings (SSSR count). The zero-order valence-electron chi connectivity index (χ0n) is 9.40. The van der Waals surface area contributed by atoms with E-state index in [2.05, 4.69) is 12.2 Å². The van der Waals surface area contributed by atoms with E-state index in [-0.39, 0.29) is 5.56 Å². The molecule has 88 valence electrons. The van der Waals surface area contributed by atoms with Gasteiger partial charge in [-0.25, -0.2) is 4.79 Å². The summed E-state index contributed by atoms with van der Waals surface area (Å²) in [6, 6.07) is 1.57. The fourth-order valence-electron chi connectivity index (χ4n) is 1.84. The summed E-state index contributed by atoms with van der Waals surface area (Å²) in [4.78, 5) is 10.6. The van der Waals surface area contributed by atoms with Gasteiger partial charge in [-0.3, -0.25) is 0 Å². The third kappa shape index (κ3) is 2.85. The van der Waals surface area contributed by atoms with E-state index in [1.807, 2.05) is 0 Å². The summed E-state index contributed by atoms with van der Waals surface area (Å²) in [5.41, 5.74) is 0.215. The topological polar surface area (TPSA) is 62.5 Å². The minimum absolute atomic E-state index is 0.215. The maximum Gasteiger partial charge on any atom is 0.338 e. The van der Waals surface area contributed by atoms with E-state index in [1.165, 1.54) is 19.1 Å². The molecule has 0 bridgehead atoms. The van der Waals surface area contributed by atoms with Gasteiger partial charge in [-0.2, -0.15) is 0 Å². The predicted octanol–water partition coefficient (Wildman–Crippen LogP) is 2.11. The average Bonchev–Trinajstić information content (AvgIpc) is 2.98. The van der Waals surface area contributed by atoms with Gasteiger partial charge >= 0.3 is 5.97 Å². The summed E-state index contributed by atoms with van der Waals surface area (Å²) in [5.74, 6) is 1.33. The fourth-order valence-corrected chi connectivity index (χ4v) is 1.84. The first kappa shape index (κ1) is 11.2. The highest BCUT2D eigenvalue weighted by molar-refractivity contribution is 5.87. The minimum Gasteiger partial charge on any atom is -0.478 e. The summed E-state index contributed by atoms with van der Waals surface area (Å²) in [6.07, 6.45) is 3.99. The highest BCUT2D eigenvalue weighted by atomic mass is 16.4. The van der Waals surface area contributed by atoms with Crippen molar-refractivity contribution in [2.75, 3.05) is 6.54 Å². The molecule has 0 amide bonds. The van der Waals surface area contributed by atoms with Crippen molar-refractivity contribution >= 4 is 5.97 Å². The average molecular weight is 223 g/mol. The molecule has 1 atom stereocenters. The second kappa shape index (κ2) is 4.70. The first-order chi connectivity index (χ1) is 7.66. The Morgan fingerprint density at radius 1 is 1.69 bits per heavy atom. The van der Waals surface area contributed by atoms with Crippen LogP contribution >= 0.6 is 0 Å². The number of nitrogens with one attached hydrogen (secondary N) is 1. The van der Waals surface area contributed by atoms with Gasteiger partial charge in [0.05, 0.1) is 12.1 Å². The highest BCUT2D eigenvalue weighted by Gasteiger charge is 2.27. The first-order valence-corrected chi connectivity index (χ1v) is 5.68. The van der Waals surface area contributed by atoms with Crippen molar-refractivity contribution in [2.24, 2.45) is 11.8 Å². The Kier molecular flexibility index (Phi) is 3.29. The van der Waals surface area contributed by atoms with Gasteiger partial charge < -0.3 is 14.8 Å². The molecule has 0 saturated heterocycles. The zero-order valence-corrected chi connectivity index (χ0v) is 9.40. The lowest BCUT2D eigenvalue weighted by Gasteiger charge is -2.09. The summed E-state index contributed by atoms with van der Waals surface area (Å²) in [7, 11) is 0. The summed E-state index contributed by atoms with van der Waals surface area (Å²) in [6.45, 7) is 3.81. The van der Waals surface area contributed by atoms with Crippen molar-refractivity contribution in [3.8, 4) is 0 Å². The van der Waals surface area contributed by atoms with Crippen molar-refractivity contribution < 1.29 is 14.3 Å². The van der Waals surface area contributed by atoms with Crippen molar-refractivity contribution in [1.29, 1.82) is 0 Å². The van der Waals surface area contributed by atoms with E-state index in [0.717, 1.165) is 12.5 Å². The van der Waals surface area contributed by atoms with Crippen molar-refractivity contribution in [3.63, 3.8) is 0 Å². The van der Waals surface area contributed by atoms with Crippen LogP contribution in [0.4, 0.5) is 0 Å². The SMILES string of the molecule is CC(CNCc1cc(C(=O)O)co1)C1CC1. The zero-order chi connectivity index (χ0) is 11.5. The highest BCUT2D eigenvalue weighted by Crippen LogP contribution is 2.36. The number of rotatable bonds is 6. The Balaban J connectivity index is 1.73. The van der Waals surface area contributed by atoms with Crippen LogP contribution in [0.3, 0.4) is 0 Å². The molecule has 0 spiro atoms. The second-order valence-corrected chi connectivity index (χ2v) is 4.55. The van der Waals surface area contributed by atoms with Crippen LogP contribution in [0, 0.1) is 11.8 Å². The number of carbonyl (C=O) groups is 1. The van der Waals surface area contributed by atoms with Gasteiger partial charge in [0.15, 0.2) is 0 Å². The quantitative estimate of drug-likeness (QED) is 0.775. The fraction of sp³-hybridized carbons (Fsp3) is 0.583. The Morgan fingerprint density at radius 2 is 2.44 bits per heavy atom. The van der Waals surface area contributed by atoms with E-state index >= 15 is 0 Å². The maximum absolute atomic E-state index is 10.6. The molecule has 1 aliphatic rings. The van der Waals surface area contributed by atoms with E-state index in [1.54, 1.807) is 6.07 Å². The van der Waals surface area contributed by atoms with Crippen molar-refractivity contribution in [1.82, 2.24) is 5.32 Å². The van der Waals surface area contributed by atoms with Crippen LogP contribution < -0.4 is 5.32 Å². The summed E-state index contributed by atoms with van der Waals surface area (Å²) < 4.78 is 5.14. The van der Waals surface area contributed by atoms with Crippen LogP contribution in [0.5, 0.6) is 0 Å². The molecule has 1 unspecified atom stereocenters. The molecular formula is C12H17NO3. The number of hydrogen-bond donors (Lipinski definition) is 2. The Bertz CT molecular complexity index is 368. The summed E-state index contributed by atoms with van der Waals surface area (Å²) in [5, 5.41) is 12.0. The van der Waals surface area contributed by atoms with Crippen molar-refractivity contribution in [2.45, 2.75) is 26.3 Å². The molecule has 1 aromatic heterocycles. The lowest BCUT2D eigenvalue weighted by molar-refractivity contribution is 0.0696. The lowest BCUT2D eigenvalue weighted by atomic mass is 10.1. The van der Waals surface area contributed by atoms with Crippen LogP contribution in [-0.2, 0) is 6.54 Å². The van der Waals surface area contributed by atoms with Crippen LogP contribution in [0.25, 0.3) is 0 Å². The molecule has 1 aliphatic carbocycles. The molecule has 4 nitrogen and oxygen atoms in total. The van der Waals surface area contributed by atoms with Gasteiger partial charge in [0.1, 0.15) is 12.0 Å². The number of furan rings is 1. The predicted molar refractivity (Wildman–Crippen MR) is 59.3 cm³/mol. The van der Waals surface area contributed by atoms with Crippen LogP contribution in [0.2, 0.25) is 0 Å². The molecule has 4 heteroatoms. The van der Waals surface area contributed by atoms with Gasteiger partial charge in [-0.05, 0) is 37.3 Å². The molecule has 2 N–H and O–H groups in total. The molecule has 1 fully saturated rings. The number of carboxylic acids is 1. The third-order valence-electron chi connectivity index (χ3n) is 3.09. The van der Waals surface area contributed by atoms with E-state index < -0.39 is 5.97 Å². The molecule has 0 aromatic carbocycles.